The zero-order valence-electron chi connectivity index (χ0n) is 14.4. The Balaban J connectivity index is 2.53. The van der Waals surface area contributed by atoms with E-state index in [0.717, 1.165) is 25.7 Å². The molecule has 1 unspecified atom stereocenters. The first kappa shape index (κ1) is 18.9. The molecule has 0 heterocycles. The molecule has 1 saturated carbocycles. The van der Waals surface area contributed by atoms with Gasteiger partial charge in [0.05, 0.1) is 12.5 Å². The fourth-order valence-corrected chi connectivity index (χ4v) is 2.88. The summed E-state index contributed by atoms with van der Waals surface area (Å²) in [7, 11) is 0. The molecule has 1 rings (SSSR count). The van der Waals surface area contributed by atoms with Gasteiger partial charge in [0.1, 0.15) is 6.04 Å². The molecule has 5 heteroatoms. The average molecular weight is 313 g/mol. The van der Waals surface area contributed by atoms with Gasteiger partial charge in [-0.15, -0.1) is 0 Å². The number of hydrogen-bond acceptors (Lipinski definition) is 4. The Morgan fingerprint density at radius 1 is 1.23 bits per heavy atom. The second-order valence-corrected chi connectivity index (χ2v) is 7.46. The number of carboxylic acid groups (broad SMARTS) is 1. The summed E-state index contributed by atoms with van der Waals surface area (Å²) < 4.78 is 5.17. The molecule has 22 heavy (non-hydrogen) atoms. The van der Waals surface area contributed by atoms with E-state index in [0.29, 0.717) is 19.4 Å². The molecule has 1 aliphatic rings. The number of carbonyl (C=O) groups excluding carboxylic acids is 1. The Bertz CT molecular complexity index is 367. The molecule has 0 bridgehead atoms. The predicted molar refractivity (Wildman–Crippen MR) is 85.6 cm³/mol. The molecule has 0 aromatic heterocycles. The zero-order valence-corrected chi connectivity index (χ0v) is 14.4. The minimum Gasteiger partial charge on any atom is -0.481 e. The zero-order chi connectivity index (χ0) is 16.8. The molecule has 2 N–H and O–H groups in total. The lowest BCUT2D eigenvalue weighted by molar-refractivity contribution is -0.147. The smallest absolute Gasteiger partial charge is 0.323 e. The Labute approximate surface area is 133 Å². The van der Waals surface area contributed by atoms with E-state index in [-0.39, 0.29) is 29.4 Å². The lowest BCUT2D eigenvalue weighted by Crippen LogP contribution is -2.46. The van der Waals surface area contributed by atoms with Gasteiger partial charge in [0.15, 0.2) is 0 Å². The second-order valence-electron chi connectivity index (χ2n) is 7.46. The van der Waals surface area contributed by atoms with Gasteiger partial charge in [-0.3, -0.25) is 9.59 Å². The Hall–Kier alpha value is -1.10. The third kappa shape index (κ3) is 6.77. The molecule has 0 aromatic carbocycles. The summed E-state index contributed by atoms with van der Waals surface area (Å²) in [6.07, 6.45) is 4.67. The van der Waals surface area contributed by atoms with Crippen molar-refractivity contribution in [1.82, 2.24) is 5.32 Å². The Kier molecular flexibility index (Phi) is 7.33. The fraction of sp³-hybridized carbons (Fsp3) is 0.882. The van der Waals surface area contributed by atoms with Gasteiger partial charge in [0.25, 0.3) is 0 Å². The van der Waals surface area contributed by atoms with Crippen LogP contribution in [0.3, 0.4) is 0 Å². The van der Waals surface area contributed by atoms with Gasteiger partial charge in [-0.2, -0.15) is 0 Å². The average Bonchev–Trinajstić information content (AvgIpc) is 2.43. The molecule has 128 valence electrons. The second kappa shape index (κ2) is 8.51. The van der Waals surface area contributed by atoms with Gasteiger partial charge in [0.2, 0.25) is 0 Å². The van der Waals surface area contributed by atoms with E-state index in [1.165, 1.54) is 0 Å². The van der Waals surface area contributed by atoms with E-state index in [2.05, 4.69) is 26.1 Å². The lowest BCUT2D eigenvalue weighted by Gasteiger charge is -2.31. The van der Waals surface area contributed by atoms with Gasteiger partial charge < -0.3 is 15.2 Å². The van der Waals surface area contributed by atoms with Crippen molar-refractivity contribution in [2.75, 3.05) is 6.61 Å². The summed E-state index contributed by atoms with van der Waals surface area (Å²) >= 11 is 0. The molecule has 0 radical (unpaired) electrons. The van der Waals surface area contributed by atoms with Crippen LogP contribution in [0.25, 0.3) is 0 Å². The number of aliphatic carboxylic acids is 1. The maximum atomic E-state index is 12.1. The minimum absolute atomic E-state index is 0.174. The summed E-state index contributed by atoms with van der Waals surface area (Å²) in [6.45, 7) is 8.68. The first-order chi connectivity index (χ1) is 10.2. The van der Waals surface area contributed by atoms with Crippen molar-refractivity contribution in [3.05, 3.63) is 0 Å². The van der Waals surface area contributed by atoms with Crippen molar-refractivity contribution in [2.45, 2.75) is 78.3 Å². The van der Waals surface area contributed by atoms with Gasteiger partial charge in [-0.1, -0.05) is 20.8 Å². The van der Waals surface area contributed by atoms with E-state index >= 15 is 0 Å². The van der Waals surface area contributed by atoms with E-state index in [9.17, 15) is 9.59 Å². The molecule has 1 aliphatic carbocycles. The van der Waals surface area contributed by atoms with Gasteiger partial charge in [-0.25, -0.2) is 0 Å². The summed E-state index contributed by atoms with van der Waals surface area (Å²) in [6, 6.07) is -0.0736. The minimum atomic E-state index is -0.701. The standard InChI is InChI=1S/C17H31NO4/c1-5-22-16(21)14(10-11-17(2,3)4)18-13-8-6-12(7-9-13)15(19)20/h12-14,18H,5-11H2,1-4H3,(H,19,20). The summed E-state index contributed by atoms with van der Waals surface area (Å²) in [4.78, 5) is 23.1. The van der Waals surface area contributed by atoms with Crippen LogP contribution in [0, 0.1) is 11.3 Å². The monoisotopic (exact) mass is 313 g/mol. The topological polar surface area (TPSA) is 75.6 Å². The van der Waals surface area contributed by atoms with Crippen molar-refractivity contribution < 1.29 is 19.4 Å². The summed E-state index contributed by atoms with van der Waals surface area (Å²) in [5.41, 5.74) is 0.174. The predicted octanol–water partition coefficient (Wildman–Crippen LogP) is 2.98. The highest BCUT2D eigenvalue weighted by Crippen LogP contribution is 2.26. The Morgan fingerprint density at radius 2 is 1.82 bits per heavy atom. The van der Waals surface area contributed by atoms with Gasteiger partial charge >= 0.3 is 11.9 Å². The van der Waals surface area contributed by atoms with E-state index in [1.54, 1.807) is 0 Å². The number of ether oxygens (including phenoxy) is 1. The van der Waals surface area contributed by atoms with Gasteiger partial charge in [-0.05, 0) is 50.9 Å². The summed E-state index contributed by atoms with van der Waals surface area (Å²) in [5.74, 6) is -1.12. The van der Waals surface area contributed by atoms with Crippen LogP contribution in [0.4, 0.5) is 0 Å². The molecule has 0 saturated heterocycles. The van der Waals surface area contributed by atoms with E-state index in [4.69, 9.17) is 9.84 Å². The highest BCUT2D eigenvalue weighted by molar-refractivity contribution is 5.75. The van der Waals surface area contributed by atoms with Gasteiger partial charge in [0, 0.05) is 6.04 Å². The number of carboxylic acids is 1. The first-order valence-electron chi connectivity index (χ1n) is 8.38. The molecule has 0 spiro atoms. The number of nitrogens with one attached hydrogen (secondary N) is 1. The fourth-order valence-electron chi connectivity index (χ4n) is 2.88. The van der Waals surface area contributed by atoms with Crippen molar-refractivity contribution in [3.8, 4) is 0 Å². The first-order valence-corrected chi connectivity index (χ1v) is 8.38. The van der Waals surface area contributed by atoms with Crippen LogP contribution in [0.15, 0.2) is 0 Å². The molecular formula is C17H31NO4. The van der Waals surface area contributed by atoms with Crippen molar-refractivity contribution in [3.63, 3.8) is 0 Å². The van der Waals surface area contributed by atoms with Crippen LogP contribution in [0.1, 0.15) is 66.2 Å². The third-order valence-corrected chi connectivity index (χ3v) is 4.27. The number of carbonyl (C=O) groups is 2. The van der Waals surface area contributed by atoms with Crippen LogP contribution in [-0.4, -0.2) is 35.7 Å². The van der Waals surface area contributed by atoms with E-state index < -0.39 is 5.97 Å². The van der Waals surface area contributed by atoms with E-state index in [1.807, 2.05) is 6.92 Å². The highest BCUT2D eigenvalue weighted by atomic mass is 16.5. The maximum absolute atomic E-state index is 12.1. The maximum Gasteiger partial charge on any atom is 0.323 e. The molecule has 1 atom stereocenters. The number of hydrogen-bond donors (Lipinski definition) is 2. The SMILES string of the molecule is CCOC(=O)C(CCC(C)(C)C)NC1CCC(C(=O)O)CC1. The molecule has 0 aromatic rings. The van der Waals surface area contributed by atoms with Crippen LogP contribution in [0.2, 0.25) is 0 Å². The number of rotatable bonds is 7. The van der Waals surface area contributed by atoms with Crippen LogP contribution < -0.4 is 5.32 Å². The molecule has 1 fully saturated rings. The third-order valence-electron chi connectivity index (χ3n) is 4.27. The molecule has 0 aliphatic heterocycles. The highest BCUT2D eigenvalue weighted by Gasteiger charge is 2.30. The Morgan fingerprint density at radius 3 is 2.27 bits per heavy atom. The normalized spacial score (nSPS) is 23.8. The van der Waals surface area contributed by atoms with Crippen LogP contribution in [-0.2, 0) is 14.3 Å². The largest absolute Gasteiger partial charge is 0.481 e. The molecule has 0 amide bonds. The van der Waals surface area contributed by atoms with Crippen LogP contribution in [0.5, 0.6) is 0 Å². The van der Waals surface area contributed by atoms with Crippen molar-refractivity contribution in [2.24, 2.45) is 11.3 Å². The lowest BCUT2D eigenvalue weighted by atomic mass is 9.85. The molecule has 5 nitrogen and oxygen atoms in total. The van der Waals surface area contributed by atoms with Crippen LogP contribution >= 0.6 is 0 Å². The van der Waals surface area contributed by atoms with Crippen molar-refractivity contribution in [1.29, 1.82) is 0 Å². The number of esters is 1. The summed E-state index contributed by atoms with van der Waals surface area (Å²) in [5, 5.41) is 12.4. The quantitative estimate of drug-likeness (QED) is 0.707. The van der Waals surface area contributed by atoms with Crippen molar-refractivity contribution >= 4 is 11.9 Å². The molecular weight excluding hydrogens is 282 g/mol.